The van der Waals surface area contributed by atoms with Gasteiger partial charge in [0.05, 0.1) is 11.6 Å². The van der Waals surface area contributed by atoms with E-state index >= 15 is 0 Å². The molecule has 0 saturated heterocycles. The van der Waals surface area contributed by atoms with Crippen LogP contribution in [0.4, 0.5) is 0 Å². The predicted molar refractivity (Wildman–Crippen MR) is 105 cm³/mol. The highest BCUT2D eigenvalue weighted by molar-refractivity contribution is 8.05. The summed E-state index contributed by atoms with van der Waals surface area (Å²) >= 11 is 3.28. The molecule has 0 bridgehead atoms. The van der Waals surface area contributed by atoms with Crippen LogP contribution >= 0.6 is 23.5 Å². The molecule has 0 amide bonds. The van der Waals surface area contributed by atoms with Crippen LogP contribution in [0.5, 0.6) is 0 Å². The Balaban J connectivity index is 2.06. The fourth-order valence-corrected chi connectivity index (χ4v) is 4.97. The lowest BCUT2D eigenvalue weighted by Gasteiger charge is -2.25. The summed E-state index contributed by atoms with van der Waals surface area (Å²) in [6.07, 6.45) is 12.0. The Kier molecular flexibility index (Phi) is 8.86. The maximum atomic E-state index is 9.27. The van der Waals surface area contributed by atoms with Crippen molar-refractivity contribution in [1.29, 1.82) is 5.26 Å². The molecule has 5 heteroatoms. The average molecular weight is 360 g/mol. The molecule has 0 spiro atoms. The van der Waals surface area contributed by atoms with Crippen molar-refractivity contribution in [3.05, 3.63) is 54.6 Å². The fourth-order valence-electron chi connectivity index (χ4n) is 2.65. The molecule has 128 valence electrons. The number of thiocyanates is 1. The number of nitrogens with zero attached hydrogens (tertiary/aromatic N) is 3. The molecule has 0 aliphatic rings. The zero-order valence-corrected chi connectivity index (χ0v) is 15.8. The largest absolute Gasteiger partial charge is 0.322 e. The van der Waals surface area contributed by atoms with E-state index in [0.29, 0.717) is 0 Å². The highest BCUT2D eigenvalue weighted by atomic mass is 32.2. The molecule has 2 atom stereocenters. The molecule has 2 unspecified atom stereocenters. The number of aromatic nitrogens is 2. The molecule has 0 aliphatic carbocycles. The van der Waals surface area contributed by atoms with Crippen LogP contribution in [0.15, 0.2) is 49.1 Å². The van der Waals surface area contributed by atoms with Gasteiger partial charge >= 0.3 is 0 Å². The molecule has 0 fully saturated rings. The van der Waals surface area contributed by atoms with Gasteiger partial charge in [0.15, 0.2) is 0 Å². The van der Waals surface area contributed by atoms with Crippen molar-refractivity contribution in [2.45, 2.75) is 49.7 Å². The van der Waals surface area contributed by atoms with Crippen molar-refractivity contribution in [2.75, 3.05) is 5.75 Å². The minimum absolute atomic E-state index is 0.0422. The normalized spacial score (nSPS) is 13.3. The zero-order chi connectivity index (χ0) is 17.0. The van der Waals surface area contributed by atoms with Crippen LogP contribution in [-0.2, 0) is 0 Å². The van der Waals surface area contributed by atoms with Crippen LogP contribution in [0.1, 0.15) is 55.2 Å². The third kappa shape index (κ3) is 5.92. The maximum absolute atomic E-state index is 9.27. The van der Waals surface area contributed by atoms with Gasteiger partial charge in [-0.2, -0.15) is 17.0 Å². The van der Waals surface area contributed by atoms with Gasteiger partial charge < -0.3 is 4.57 Å². The number of thioether (sulfide) groups is 2. The molecule has 2 rings (SSSR count). The summed E-state index contributed by atoms with van der Waals surface area (Å²) in [5.41, 5.74) is 1.28. The van der Waals surface area contributed by atoms with E-state index < -0.39 is 0 Å². The quantitative estimate of drug-likeness (QED) is 0.362. The summed E-state index contributed by atoms with van der Waals surface area (Å²) in [7, 11) is 0. The SMILES string of the molecule is CCCCCCCSC(c1ccccc1)C(SC#N)n1ccnc1. The summed E-state index contributed by atoms with van der Waals surface area (Å²) < 4.78 is 2.05. The molecule has 1 aromatic carbocycles. The van der Waals surface area contributed by atoms with Gasteiger partial charge in [0, 0.05) is 12.4 Å². The van der Waals surface area contributed by atoms with Crippen LogP contribution in [0.3, 0.4) is 0 Å². The lowest BCUT2D eigenvalue weighted by atomic mass is 10.1. The minimum Gasteiger partial charge on any atom is -0.322 e. The Morgan fingerprint density at radius 3 is 2.62 bits per heavy atom. The van der Waals surface area contributed by atoms with Crippen molar-refractivity contribution in [3.63, 3.8) is 0 Å². The minimum atomic E-state index is 0.0422. The fraction of sp³-hybridized carbons (Fsp3) is 0.474. The van der Waals surface area contributed by atoms with Crippen LogP contribution in [0, 0.1) is 10.7 Å². The lowest BCUT2D eigenvalue weighted by Crippen LogP contribution is -2.12. The molecule has 0 saturated carbocycles. The smallest absolute Gasteiger partial charge is 0.135 e. The first-order chi connectivity index (χ1) is 11.9. The number of imidazole rings is 1. The van der Waals surface area contributed by atoms with Crippen molar-refractivity contribution in [2.24, 2.45) is 0 Å². The van der Waals surface area contributed by atoms with Crippen LogP contribution in [0.25, 0.3) is 0 Å². The van der Waals surface area contributed by atoms with E-state index in [2.05, 4.69) is 46.1 Å². The Morgan fingerprint density at radius 1 is 1.17 bits per heavy atom. The molecule has 0 aliphatic heterocycles. The first kappa shape index (κ1) is 19.0. The Bertz CT molecular complexity index is 593. The molecule has 3 nitrogen and oxygen atoms in total. The van der Waals surface area contributed by atoms with Crippen molar-refractivity contribution < 1.29 is 0 Å². The summed E-state index contributed by atoms with van der Waals surface area (Å²) in [5.74, 6) is 1.13. The highest BCUT2D eigenvalue weighted by Gasteiger charge is 2.25. The third-order valence-corrected chi connectivity index (χ3v) is 6.37. The van der Waals surface area contributed by atoms with E-state index in [9.17, 15) is 5.26 Å². The second kappa shape index (κ2) is 11.2. The standard InChI is InChI=1S/C19H25N3S2/c1-2-3-4-5-9-14-23-18(17-10-7-6-8-11-17)19(24-15-20)22-13-12-21-16-22/h6-8,10-13,16,18-19H,2-5,9,14H2,1H3. The van der Waals surface area contributed by atoms with E-state index in [4.69, 9.17) is 0 Å². The molecule has 1 aromatic heterocycles. The Morgan fingerprint density at radius 2 is 1.96 bits per heavy atom. The number of hydrogen-bond acceptors (Lipinski definition) is 4. The summed E-state index contributed by atoms with van der Waals surface area (Å²) in [6, 6.07) is 10.5. The zero-order valence-electron chi connectivity index (χ0n) is 14.2. The Hall–Kier alpha value is -1.38. The number of hydrogen-bond donors (Lipinski definition) is 0. The van der Waals surface area contributed by atoms with E-state index in [1.54, 1.807) is 6.20 Å². The predicted octanol–water partition coefficient (Wildman–Crippen LogP) is 6.04. The van der Waals surface area contributed by atoms with Gasteiger partial charge in [0.2, 0.25) is 0 Å². The second-order valence-electron chi connectivity index (χ2n) is 5.73. The van der Waals surface area contributed by atoms with Gasteiger partial charge in [-0.05, 0) is 29.5 Å². The highest BCUT2D eigenvalue weighted by Crippen LogP contribution is 2.44. The molecular weight excluding hydrogens is 334 g/mol. The van der Waals surface area contributed by atoms with E-state index in [0.717, 1.165) is 5.75 Å². The van der Waals surface area contributed by atoms with Gasteiger partial charge in [0.25, 0.3) is 0 Å². The summed E-state index contributed by atoms with van der Waals surface area (Å²) in [6.45, 7) is 2.25. The van der Waals surface area contributed by atoms with Gasteiger partial charge in [-0.25, -0.2) is 4.98 Å². The summed E-state index contributed by atoms with van der Waals surface area (Å²) in [4.78, 5) is 4.16. The topological polar surface area (TPSA) is 41.6 Å². The molecule has 1 heterocycles. The van der Waals surface area contributed by atoms with Gasteiger partial charge in [-0.15, -0.1) is 0 Å². The van der Waals surface area contributed by atoms with Crippen LogP contribution < -0.4 is 0 Å². The van der Waals surface area contributed by atoms with Crippen LogP contribution in [-0.4, -0.2) is 15.3 Å². The first-order valence-electron chi connectivity index (χ1n) is 8.55. The molecule has 0 radical (unpaired) electrons. The van der Waals surface area contributed by atoms with E-state index in [1.165, 1.54) is 49.4 Å². The maximum Gasteiger partial charge on any atom is 0.135 e. The third-order valence-electron chi connectivity index (χ3n) is 3.92. The molecule has 2 aromatic rings. The van der Waals surface area contributed by atoms with Gasteiger partial charge in [-0.3, -0.25) is 0 Å². The number of benzene rings is 1. The Labute approximate surface area is 153 Å². The number of nitriles is 1. The monoisotopic (exact) mass is 359 g/mol. The molecule has 0 N–H and O–H groups in total. The second-order valence-corrected chi connectivity index (χ2v) is 7.88. The van der Waals surface area contributed by atoms with Crippen molar-refractivity contribution in [3.8, 4) is 5.40 Å². The lowest BCUT2D eigenvalue weighted by molar-refractivity contribution is 0.651. The van der Waals surface area contributed by atoms with Crippen molar-refractivity contribution >= 4 is 23.5 Å². The first-order valence-corrected chi connectivity index (χ1v) is 10.5. The summed E-state index contributed by atoms with van der Waals surface area (Å²) in [5, 5.41) is 11.8. The van der Waals surface area contributed by atoms with Gasteiger partial charge in [-0.1, -0.05) is 62.9 Å². The van der Waals surface area contributed by atoms with Gasteiger partial charge in [0.1, 0.15) is 10.8 Å². The van der Waals surface area contributed by atoms with E-state index in [-0.39, 0.29) is 10.6 Å². The van der Waals surface area contributed by atoms with E-state index in [1.807, 2.05) is 30.4 Å². The number of unbranched alkanes of at least 4 members (excludes halogenated alkanes) is 4. The molecule has 24 heavy (non-hydrogen) atoms. The number of rotatable bonds is 11. The average Bonchev–Trinajstić information content (AvgIpc) is 3.15. The van der Waals surface area contributed by atoms with Crippen molar-refractivity contribution in [1.82, 2.24) is 9.55 Å². The molecular formula is C19H25N3S2. The van der Waals surface area contributed by atoms with Crippen LogP contribution in [0.2, 0.25) is 0 Å².